The van der Waals surface area contributed by atoms with E-state index in [-0.39, 0.29) is 24.9 Å². The first-order valence-corrected chi connectivity index (χ1v) is 9.85. The number of nitrogens with one attached hydrogen (secondary N) is 2. The lowest BCUT2D eigenvalue weighted by molar-refractivity contribution is -0.124. The van der Waals surface area contributed by atoms with Crippen molar-refractivity contribution in [2.45, 2.75) is 20.1 Å². The minimum atomic E-state index is -0.350. The molecule has 0 aliphatic carbocycles. The van der Waals surface area contributed by atoms with Gasteiger partial charge in [-0.3, -0.25) is 9.59 Å². The maximum atomic E-state index is 11.9. The van der Waals surface area contributed by atoms with Crippen LogP contribution in [-0.2, 0) is 22.7 Å². The number of hydrogen-bond donors (Lipinski definition) is 2. The van der Waals surface area contributed by atoms with E-state index in [2.05, 4.69) is 15.6 Å². The largest absolute Gasteiger partial charge is 0.487 e. The van der Waals surface area contributed by atoms with Gasteiger partial charge in [-0.2, -0.15) is 0 Å². The van der Waals surface area contributed by atoms with E-state index in [0.717, 1.165) is 22.0 Å². The molecule has 3 rings (SSSR count). The van der Waals surface area contributed by atoms with E-state index in [1.807, 2.05) is 36.6 Å². The smallest absolute Gasteiger partial charge is 0.244 e. The van der Waals surface area contributed by atoms with Crippen LogP contribution in [0.25, 0.3) is 6.08 Å². The number of thiazole rings is 1. The predicted molar refractivity (Wildman–Crippen MR) is 110 cm³/mol. The first kappa shape index (κ1) is 20.3. The second kappa shape index (κ2) is 10.2. The van der Waals surface area contributed by atoms with Gasteiger partial charge in [0.1, 0.15) is 18.1 Å². The number of hydrogen-bond acceptors (Lipinski definition) is 6. The van der Waals surface area contributed by atoms with E-state index in [1.165, 1.54) is 12.3 Å². The Hall–Kier alpha value is -3.39. The van der Waals surface area contributed by atoms with Crippen LogP contribution >= 0.6 is 11.3 Å². The molecule has 2 aromatic heterocycles. The van der Waals surface area contributed by atoms with E-state index in [9.17, 15) is 9.59 Å². The van der Waals surface area contributed by atoms with Gasteiger partial charge in [0.15, 0.2) is 0 Å². The second-order valence-electron chi connectivity index (χ2n) is 6.12. The monoisotopic (exact) mass is 411 g/mol. The summed E-state index contributed by atoms with van der Waals surface area (Å²) < 4.78 is 10.8. The Kier molecular flexibility index (Phi) is 7.18. The number of carbonyl (C=O) groups is 2. The number of nitrogens with zero attached hydrogens (tertiary/aromatic N) is 1. The van der Waals surface area contributed by atoms with Crippen molar-refractivity contribution >= 4 is 29.2 Å². The summed E-state index contributed by atoms with van der Waals surface area (Å²) in [5.74, 6) is 0.738. The fourth-order valence-electron chi connectivity index (χ4n) is 2.37. The first-order valence-electron chi connectivity index (χ1n) is 8.97. The van der Waals surface area contributed by atoms with Gasteiger partial charge in [-0.05, 0) is 42.8 Å². The summed E-state index contributed by atoms with van der Waals surface area (Å²) in [6.45, 7) is 2.56. The van der Waals surface area contributed by atoms with Gasteiger partial charge in [0.2, 0.25) is 11.8 Å². The highest BCUT2D eigenvalue weighted by Gasteiger charge is 2.04. The van der Waals surface area contributed by atoms with Crippen molar-refractivity contribution in [2.75, 3.05) is 6.54 Å². The van der Waals surface area contributed by atoms with Crippen molar-refractivity contribution in [3.05, 3.63) is 76.1 Å². The summed E-state index contributed by atoms with van der Waals surface area (Å²) in [6, 6.07) is 10.9. The number of rotatable bonds is 9. The summed E-state index contributed by atoms with van der Waals surface area (Å²) in [5.41, 5.74) is 1.75. The summed E-state index contributed by atoms with van der Waals surface area (Å²) in [7, 11) is 0. The molecule has 0 aliphatic rings. The molecular formula is C21H21N3O4S. The Morgan fingerprint density at radius 2 is 2.03 bits per heavy atom. The molecule has 29 heavy (non-hydrogen) atoms. The SMILES string of the molecule is Cc1nc(COc2ccc(/C=C/C(=O)NCC(=O)NCc3ccco3)cc2)cs1. The van der Waals surface area contributed by atoms with Crippen LogP contribution in [0.2, 0.25) is 0 Å². The van der Waals surface area contributed by atoms with Gasteiger partial charge in [-0.15, -0.1) is 11.3 Å². The third kappa shape index (κ3) is 6.93. The molecule has 0 atom stereocenters. The molecule has 7 nitrogen and oxygen atoms in total. The molecule has 2 N–H and O–H groups in total. The fraction of sp³-hybridized carbons (Fsp3) is 0.190. The minimum absolute atomic E-state index is 0.104. The lowest BCUT2D eigenvalue weighted by atomic mass is 10.2. The zero-order valence-corrected chi connectivity index (χ0v) is 16.7. The fourth-order valence-corrected chi connectivity index (χ4v) is 2.96. The molecule has 0 saturated heterocycles. The van der Waals surface area contributed by atoms with Crippen LogP contribution in [-0.4, -0.2) is 23.3 Å². The molecular weight excluding hydrogens is 390 g/mol. The van der Waals surface area contributed by atoms with Gasteiger partial charge in [-0.1, -0.05) is 12.1 Å². The van der Waals surface area contributed by atoms with Crippen LogP contribution in [0.3, 0.4) is 0 Å². The van der Waals surface area contributed by atoms with Crippen molar-refractivity contribution < 1.29 is 18.7 Å². The highest BCUT2D eigenvalue weighted by molar-refractivity contribution is 7.09. The lowest BCUT2D eigenvalue weighted by Crippen LogP contribution is -2.35. The topological polar surface area (TPSA) is 93.5 Å². The van der Waals surface area contributed by atoms with Crippen LogP contribution in [0.1, 0.15) is 22.0 Å². The number of aromatic nitrogens is 1. The molecule has 0 bridgehead atoms. The van der Waals surface area contributed by atoms with E-state index < -0.39 is 0 Å². The van der Waals surface area contributed by atoms with Gasteiger partial charge in [0.25, 0.3) is 0 Å². The maximum Gasteiger partial charge on any atom is 0.244 e. The summed E-state index contributed by atoms with van der Waals surface area (Å²) >= 11 is 1.59. The third-order valence-electron chi connectivity index (χ3n) is 3.82. The Bertz CT molecular complexity index is 962. The molecule has 2 amide bonds. The highest BCUT2D eigenvalue weighted by atomic mass is 32.1. The van der Waals surface area contributed by atoms with Gasteiger partial charge in [0.05, 0.1) is 30.1 Å². The zero-order valence-electron chi connectivity index (χ0n) is 15.9. The van der Waals surface area contributed by atoms with Crippen LogP contribution in [0, 0.1) is 6.92 Å². The number of amides is 2. The number of benzene rings is 1. The number of carbonyl (C=O) groups excluding carboxylic acids is 2. The Labute approximate surface area is 172 Å². The van der Waals surface area contributed by atoms with Crippen molar-refractivity contribution in [2.24, 2.45) is 0 Å². The van der Waals surface area contributed by atoms with Crippen LogP contribution in [0.15, 0.2) is 58.5 Å². The Morgan fingerprint density at radius 3 is 2.72 bits per heavy atom. The van der Waals surface area contributed by atoms with Crippen LogP contribution in [0.5, 0.6) is 5.75 Å². The van der Waals surface area contributed by atoms with Crippen molar-refractivity contribution in [1.82, 2.24) is 15.6 Å². The number of ether oxygens (including phenoxy) is 1. The normalized spacial score (nSPS) is 10.8. The average molecular weight is 411 g/mol. The van der Waals surface area contributed by atoms with Crippen molar-refractivity contribution in [1.29, 1.82) is 0 Å². The predicted octanol–water partition coefficient (Wildman–Crippen LogP) is 3.07. The van der Waals surface area contributed by atoms with Gasteiger partial charge in [0, 0.05) is 11.5 Å². The Morgan fingerprint density at radius 1 is 1.21 bits per heavy atom. The second-order valence-corrected chi connectivity index (χ2v) is 7.19. The van der Waals surface area contributed by atoms with Crippen LogP contribution < -0.4 is 15.4 Å². The lowest BCUT2D eigenvalue weighted by Gasteiger charge is -2.05. The molecule has 150 valence electrons. The van der Waals surface area contributed by atoms with E-state index in [4.69, 9.17) is 9.15 Å². The third-order valence-corrected chi connectivity index (χ3v) is 4.65. The minimum Gasteiger partial charge on any atom is -0.487 e. The van der Waals surface area contributed by atoms with E-state index in [1.54, 1.807) is 29.5 Å². The van der Waals surface area contributed by atoms with Crippen LogP contribution in [0.4, 0.5) is 0 Å². The molecule has 2 heterocycles. The molecule has 3 aromatic rings. The maximum absolute atomic E-state index is 11.9. The summed E-state index contributed by atoms with van der Waals surface area (Å²) in [5, 5.41) is 8.18. The standard InChI is InChI=1S/C21H21N3O4S/c1-15-24-17(14-29-15)13-28-18-7-4-16(5-8-18)6-9-20(25)23-12-21(26)22-11-19-3-2-10-27-19/h2-10,14H,11-13H2,1H3,(H,22,26)(H,23,25)/b9-6+. The van der Waals surface area contributed by atoms with Gasteiger partial charge in [-0.25, -0.2) is 4.98 Å². The molecule has 0 fully saturated rings. The van der Waals surface area contributed by atoms with E-state index in [0.29, 0.717) is 12.4 Å². The first-order chi connectivity index (χ1) is 14.1. The molecule has 0 spiro atoms. The van der Waals surface area contributed by atoms with Crippen molar-refractivity contribution in [3.63, 3.8) is 0 Å². The Balaban J connectivity index is 1.38. The van der Waals surface area contributed by atoms with Gasteiger partial charge >= 0.3 is 0 Å². The summed E-state index contributed by atoms with van der Waals surface area (Å²) in [4.78, 5) is 27.9. The molecule has 1 aromatic carbocycles. The highest BCUT2D eigenvalue weighted by Crippen LogP contribution is 2.16. The summed E-state index contributed by atoms with van der Waals surface area (Å²) in [6.07, 6.45) is 4.59. The number of aryl methyl sites for hydroxylation is 1. The average Bonchev–Trinajstić information content (AvgIpc) is 3.40. The zero-order chi connectivity index (χ0) is 20.5. The molecule has 0 radical (unpaired) electrons. The van der Waals surface area contributed by atoms with Crippen molar-refractivity contribution in [3.8, 4) is 5.75 Å². The quantitative estimate of drug-likeness (QED) is 0.528. The molecule has 0 unspecified atom stereocenters. The molecule has 0 aliphatic heterocycles. The molecule has 8 heteroatoms. The van der Waals surface area contributed by atoms with E-state index >= 15 is 0 Å². The molecule has 0 saturated carbocycles. The van der Waals surface area contributed by atoms with Gasteiger partial charge < -0.3 is 19.8 Å². The number of furan rings is 1.